The molecule has 31 heavy (non-hydrogen) atoms. The molecular formula is C21H25N7O3. The van der Waals surface area contributed by atoms with E-state index in [4.69, 9.17) is 0 Å². The number of nitro benzene ring substituents is 1. The average molecular weight is 423 g/mol. The zero-order valence-corrected chi connectivity index (χ0v) is 17.8. The molecule has 1 saturated heterocycles. The minimum Gasteiger partial charge on any atom is -0.363 e. The predicted octanol–water partition coefficient (Wildman–Crippen LogP) is 2.92. The molecule has 1 aliphatic heterocycles. The Hall–Kier alpha value is -3.53. The Kier molecular flexibility index (Phi) is 5.55. The number of hydrogen-bond acceptors (Lipinski definition) is 7. The second-order valence-corrected chi connectivity index (χ2v) is 8.02. The minimum atomic E-state index is -0.432. The van der Waals surface area contributed by atoms with Crippen LogP contribution in [0, 0.1) is 10.1 Å². The van der Waals surface area contributed by atoms with Crippen LogP contribution in [0.5, 0.6) is 0 Å². The summed E-state index contributed by atoms with van der Waals surface area (Å²) in [5.41, 5.74) is 1.94. The molecule has 0 unspecified atom stereocenters. The second kappa shape index (κ2) is 8.31. The summed E-state index contributed by atoms with van der Waals surface area (Å²) in [6.45, 7) is 7.12. The molecule has 10 heteroatoms. The number of benzene rings is 1. The molecule has 3 aromatic rings. The number of pyridine rings is 1. The third-order valence-corrected chi connectivity index (χ3v) is 5.46. The molecule has 1 amide bonds. The van der Waals surface area contributed by atoms with E-state index in [-0.39, 0.29) is 17.3 Å². The zero-order chi connectivity index (χ0) is 22.1. The molecule has 0 atom stereocenters. The summed E-state index contributed by atoms with van der Waals surface area (Å²) >= 11 is 0. The number of fused-ring (bicyclic) bond motifs is 1. The molecule has 1 aliphatic rings. The quantitative estimate of drug-likeness (QED) is 0.496. The van der Waals surface area contributed by atoms with Crippen molar-refractivity contribution in [1.29, 1.82) is 0 Å². The maximum absolute atomic E-state index is 12.8. The lowest BCUT2D eigenvalue weighted by Crippen LogP contribution is -2.44. The lowest BCUT2D eigenvalue weighted by Gasteiger charge is -2.33. The standard InChI is InChI=1S/C21H25N7O3/c1-14(2)27-20-16(12-23-27)10-17(13-22-20)24-21(29)15-4-5-18(19(11-15)28(30)31)26-8-6-25(3)7-9-26/h4-5,10-14H,6-9H2,1-3H3,(H,24,29). The number of nitro groups is 1. The summed E-state index contributed by atoms with van der Waals surface area (Å²) in [6.07, 6.45) is 3.27. The maximum Gasteiger partial charge on any atom is 0.293 e. The van der Waals surface area contributed by atoms with Gasteiger partial charge < -0.3 is 15.1 Å². The number of aromatic nitrogens is 3. The van der Waals surface area contributed by atoms with Crippen LogP contribution in [0.25, 0.3) is 11.0 Å². The minimum absolute atomic E-state index is 0.0658. The average Bonchev–Trinajstić information content (AvgIpc) is 3.17. The van der Waals surface area contributed by atoms with Gasteiger partial charge in [0.25, 0.3) is 11.6 Å². The number of piperazine rings is 1. The highest BCUT2D eigenvalue weighted by Crippen LogP contribution is 2.30. The van der Waals surface area contributed by atoms with E-state index in [0.29, 0.717) is 24.5 Å². The van der Waals surface area contributed by atoms with Gasteiger partial charge in [-0.3, -0.25) is 14.9 Å². The molecule has 0 radical (unpaired) electrons. The van der Waals surface area contributed by atoms with E-state index >= 15 is 0 Å². The van der Waals surface area contributed by atoms with E-state index < -0.39 is 10.8 Å². The van der Waals surface area contributed by atoms with Crippen LogP contribution in [0.1, 0.15) is 30.2 Å². The third kappa shape index (κ3) is 4.19. The monoisotopic (exact) mass is 423 g/mol. The summed E-state index contributed by atoms with van der Waals surface area (Å²) in [5, 5.41) is 19.6. The van der Waals surface area contributed by atoms with Crippen LogP contribution in [-0.4, -0.2) is 63.7 Å². The van der Waals surface area contributed by atoms with E-state index in [1.807, 2.05) is 25.8 Å². The number of anilines is 2. The summed E-state index contributed by atoms with van der Waals surface area (Å²) < 4.78 is 1.81. The molecule has 0 spiro atoms. The van der Waals surface area contributed by atoms with Crippen LogP contribution in [0.15, 0.2) is 36.7 Å². The number of amides is 1. The van der Waals surface area contributed by atoms with Gasteiger partial charge in [-0.1, -0.05) is 0 Å². The van der Waals surface area contributed by atoms with Gasteiger partial charge in [0.05, 0.1) is 23.0 Å². The van der Waals surface area contributed by atoms with Crippen molar-refractivity contribution in [3.63, 3.8) is 0 Å². The molecule has 4 rings (SSSR count). The first-order valence-corrected chi connectivity index (χ1v) is 10.2. The Balaban J connectivity index is 1.56. The summed E-state index contributed by atoms with van der Waals surface area (Å²) in [7, 11) is 2.03. The summed E-state index contributed by atoms with van der Waals surface area (Å²) in [6, 6.07) is 6.58. The van der Waals surface area contributed by atoms with Crippen LogP contribution in [0.4, 0.5) is 17.1 Å². The molecule has 2 aromatic heterocycles. The first-order valence-electron chi connectivity index (χ1n) is 10.2. The van der Waals surface area contributed by atoms with E-state index in [1.165, 1.54) is 6.07 Å². The van der Waals surface area contributed by atoms with Crippen molar-refractivity contribution < 1.29 is 9.72 Å². The van der Waals surface area contributed by atoms with Crippen molar-refractivity contribution in [2.45, 2.75) is 19.9 Å². The molecule has 1 fully saturated rings. The van der Waals surface area contributed by atoms with Gasteiger partial charge in [-0.2, -0.15) is 5.10 Å². The molecule has 1 N–H and O–H groups in total. The normalized spacial score (nSPS) is 14.9. The summed E-state index contributed by atoms with van der Waals surface area (Å²) in [5.74, 6) is -0.426. The van der Waals surface area contributed by atoms with Crippen molar-refractivity contribution >= 4 is 34.0 Å². The summed E-state index contributed by atoms with van der Waals surface area (Å²) in [4.78, 5) is 32.6. The van der Waals surface area contributed by atoms with E-state index in [9.17, 15) is 14.9 Å². The van der Waals surface area contributed by atoms with E-state index in [1.54, 1.807) is 35.3 Å². The van der Waals surface area contributed by atoms with E-state index in [2.05, 4.69) is 20.3 Å². The first-order chi connectivity index (χ1) is 14.8. The van der Waals surface area contributed by atoms with Gasteiger partial charge in [0.2, 0.25) is 0 Å². The highest BCUT2D eigenvalue weighted by Gasteiger charge is 2.24. The fourth-order valence-corrected chi connectivity index (χ4v) is 3.72. The van der Waals surface area contributed by atoms with Crippen LogP contribution in [-0.2, 0) is 0 Å². The number of carbonyl (C=O) groups is 1. The van der Waals surface area contributed by atoms with E-state index in [0.717, 1.165) is 24.1 Å². The van der Waals surface area contributed by atoms with Crippen molar-refractivity contribution in [2.24, 2.45) is 0 Å². The smallest absolute Gasteiger partial charge is 0.293 e. The topological polar surface area (TPSA) is 109 Å². The molecule has 0 bridgehead atoms. The molecule has 3 heterocycles. The Morgan fingerprint density at radius 2 is 1.90 bits per heavy atom. The first kappa shape index (κ1) is 20.7. The van der Waals surface area contributed by atoms with Crippen LogP contribution in [0.3, 0.4) is 0 Å². The number of hydrogen-bond donors (Lipinski definition) is 1. The lowest BCUT2D eigenvalue weighted by molar-refractivity contribution is -0.384. The molecule has 1 aromatic carbocycles. The Morgan fingerprint density at radius 3 is 2.58 bits per heavy atom. The van der Waals surface area contributed by atoms with Crippen molar-refractivity contribution in [2.75, 3.05) is 43.4 Å². The number of nitrogens with zero attached hydrogens (tertiary/aromatic N) is 6. The third-order valence-electron chi connectivity index (χ3n) is 5.46. The van der Waals surface area contributed by atoms with Gasteiger partial charge >= 0.3 is 0 Å². The van der Waals surface area contributed by atoms with Crippen LogP contribution in [0.2, 0.25) is 0 Å². The Bertz CT molecular complexity index is 1130. The van der Waals surface area contributed by atoms with Gasteiger partial charge in [0.1, 0.15) is 5.69 Å². The number of carbonyl (C=O) groups excluding carboxylic acids is 1. The largest absolute Gasteiger partial charge is 0.363 e. The predicted molar refractivity (Wildman–Crippen MR) is 119 cm³/mol. The van der Waals surface area contributed by atoms with Gasteiger partial charge in [0, 0.05) is 49.2 Å². The van der Waals surface area contributed by atoms with Crippen molar-refractivity contribution in [1.82, 2.24) is 19.7 Å². The van der Waals surface area contributed by atoms with Crippen LogP contribution < -0.4 is 10.2 Å². The second-order valence-electron chi connectivity index (χ2n) is 8.02. The Morgan fingerprint density at radius 1 is 1.16 bits per heavy atom. The molecule has 0 aliphatic carbocycles. The molecule has 162 valence electrons. The molecular weight excluding hydrogens is 398 g/mol. The fraction of sp³-hybridized carbons (Fsp3) is 0.381. The molecule has 0 saturated carbocycles. The maximum atomic E-state index is 12.8. The zero-order valence-electron chi connectivity index (χ0n) is 17.8. The fourth-order valence-electron chi connectivity index (χ4n) is 3.72. The van der Waals surface area contributed by atoms with Gasteiger partial charge in [-0.15, -0.1) is 0 Å². The number of nitrogens with one attached hydrogen (secondary N) is 1. The number of likely N-dealkylation sites (N-methyl/N-ethyl adjacent to an activating group) is 1. The molecule has 10 nitrogen and oxygen atoms in total. The van der Waals surface area contributed by atoms with Gasteiger partial charge in [-0.05, 0) is 39.1 Å². The SMILES string of the molecule is CC(C)n1ncc2cc(NC(=O)c3ccc(N4CCN(C)CC4)c([N+](=O)[O-])c3)cnc21. The highest BCUT2D eigenvalue weighted by molar-refractivity contribution is 6.05. The lowest BCUT2D eigenvalue weighted by atomic mass is 10.1. The van der Waals surface area contributed by atoms with Crippen LogP contribution >= 0.6 is 0 Å². The van der Waals surface area contributed by atoms with Gasteiger partial charge in [-0.25, -0.2) is 9.67 Å². The van der Waals surface area contributed by atoms with Crippen molar-refractivity contribution in [3.8, 4) is 0 Å². The van der Waals surface area contributed by atoms with Crippen molar-refractivity contribution in [3.05, 3.63) is 52.3 Å². The van der Waals surface area contributed by atoms with Gasteiger partial charge in [0.15, 0.2) is 5.65 Å². The highest BCUT2D eigenvalue weighted by atomic mass is 16.6. The number of rotatable bonds is 5. The Labute approximate surface area is 179 Å².